The monoisotopic (exact) mass is 356 g/mol. The lowest BCUT2D eigenvalue weighted by Gasteiger charge is -2.33. The van der Waals surface area contributed by atoms with E-state index in [1.165, 1.54) is 0 Å². The molecule has 0 radical (unpaired) electrons. The van der Waals surface area contributed by atoms with Crippen LogP contribution >= 0.6 is 0 Å². The van der Waals surface area contributed by atoms with Crippen LogP contribution in [0.4, 0.5) is 5.69 Å². The minimum absolute atomic E-state index is 0.193. The van der Waals surface area contributed by atoms with Crippen molar-refractivity contribution in [1.29, 1.82) is 0 Å². The fourth-order valence-electron chi connectivity index (χ4n) is 3.63. The summed E-state index contributed by atoms with van der Waals surface area (Å²) < 4.78 is 16.5. The lowest BCUT2D eigenvalue weighted by atomic mass is 9.71. The van der Waals surface area contributed by atoms with Crippen LogP contribution < -0.4 is 14.8 Å². The average Bonchev–Trinajstić information content (AvgIpc) is 3.04. The topological polar surface area (TPSA) is 73.6 Å². The number of carbonyl (C=O) groups excluding carboxylic acids is 1. The van der Waals surface area contributed by atoms with E-state index in [1.807, 2.05) is 0 Å². The van der Waals surface area contributed by atoms with Crippen LogP contribution in [0.15, 0.2) is 22.7 Å². The van der Waals surface area contributed by atoms with Crippen LogP contribution in [0.5, 0.6) is 11.5 Å². The number of benzene rings is 1. The first kappa shape index (κ1) is 16.9. The second-order valence-electron chi connectivity index (χ2n) is 8.05. The zero-order valence-corrected chi connectivity index (χ0v) is 15.4. The van der Waals surface area contributed by atoms with E-state index in [-0.39, 0.29) is 11.3 Å². The molecule has 2 aliphatic rings. The highest BCUT2D eigenvalue weighted by Gasteiger charge is 2.34. The van der Waals surface area contributed by atoms with E-state index in [2.05, 4.69) is 31.2 Å². The van der Waals surface area contributed by atoms with Crippen LogP contribution in [0, 0.1) is 11.3 Å². The zero-order valence-electron chi connectivity index (χ0n) is 15.4. The number of fused-ring (bicyclic) bond motifs is 2. The molecule has 4 rings (SSSR count). The molecule has 0 saturated heterocycles. The number of anilines is 1. The van der Waals surface area contributed by atoms with Crippen LogP contribution in [0.1, 0.15) is 49.0 Å². The van der Waals surface area contributed by atoms with Gasteiger partial charge in [0.15, 0.2) is 17.2 Å². The molecule has 1 aromatic heterocycles. The van der Waals surface area contributed by atoms with Crippen LogP contribution in [0.2, 0.25) is 0 Å². The van der Waals surface area contributed by atoms with Gasteiger partial charge in [-0.3, -0.25) is 4.79 Å². The molecular weight excluding hydrogens is 332 g/mol. The van der Waals surface area contributed by atoms with Gasteiger partial charge in [-0.25, -0.2) is 0 Å². The van der Waals surface area contributed by atoms with Gasteiger partial charge in [0.2, 0.25) is 0 Å². The molecule has 6 nitrogen and oxygen atoms in total. The number of aryl methyl sites for hydroxylation is 1. The molecular formula is C20H24N2O4. The van der Waals surface area contributed by atoms with E-state index in [0.29, 0.717) is 42.0 Å². The summed E-state index contributed by atoms with van der Waals surface area (Å²) in [6.07, 6.45) is 2.72. The third-order valence-corrected chi connectivity index (χ3v) is 5.28. The van der Waals surface area contributed by atoms with E-state index < -0.39 is 0 Å². The van der Waals surface area contributed by atoms with E-state index in [0.717, 1.165) is 30.6 Å². The standard InChI is InChI=1S/C20H24N2O4/c1-20(2,3)12-4-6-15-14(10-12)18(22-26-15)19(23)21-13-5-7-16-17(11-13)25-9-8-24-16/h5,7,11-12H,4,6,8-10H2,1-3H3,(H,21,23). The van der Waals surface area contributed by atoms with Crippen LogP contribution in [0.3, 0.4) is 0 Å². The Labute approximate surface area is 152 Å². The second kappa shape index (κ2) is 6.34. The van der Waals surface area contributed by atoms with Crippen molar-refractivity contribution in [2.45, 2.75) is 40.0 Å². The molecule has 6 heteroatoms. The molecule has 0 saturated carbocycles. The number of amides is 1. The molecule has 2 heterocycles. The molecule has 1 atom stereocenters. The normalized spacial score (nSPS) is 19.0. The van der Waals surface area contributed by atoms with Crippen molar-refractivity contribution in [2.75, 3.05) is 18.5 Å². The van der Waals surface area contributed by atoms with Crippen LogP contribution in [0.25, 0.3) is 0 Å². The fraction of sp³-hybridized carbons (Fsp3) is 0.500. The van der Waals surface area contributed by atoms with Gasteiger partial charge in [-0.2, -0.15) is 0 Å². The van der Waals surface area contributed by atoms with E-state index in [1.54, 1.807) is 18.2 Å². The van der Waals surface area contributed by atoms with Gasteiger partial charge in [-0.05, 0) is 36.3 Å². The van der Waals surface area contributed by atoms with Crippen molar-refractivity contribution in [2.24, 2.45) is 11.3 Å². The van der Waals surface area contributed by atoms with Gasteiger partial charge in [-0.1, -0.05) is 25.9 Å². The second-order valence-corrected chi connectivity index (χ2v) is 8.05. The van der Waals surface area contributed by atoms with Gasteiger partial charge in [0.1, 0.15) is 19.0 Å². The first-order valence-electron chi connectivity index (χ1n) is 9.10. The van der Waals surface area contributed by atoms with Gasteiger partial charge < -0.3 is 19.3 Å². The molecule has 1 aliphatic heterocycles. The average molecular weight is 356 g/mol. The highest BCUT2D eigenvalue weighted by molar-refractivity contribution is 6.04. The first-order chi connectivity index (χ1) is 12.4. The molecule has 138 valence electrons. The predicted octanol–water partition coefficient (Wildman–Crippen LogP) is 3.85. The minimum atomic E-state index is -0.249. The highest BCUT2D eigenvalue weighted by atomic mass is 16.6. The molecule has 2 aromatic rings. The number of carbonyl (C=O) groups is 1. The Bertz CT molecular complexity index is 835. The number of hydrogen-bond acceptors (Lipinski definition) is 5. The van der Waals surface area contributed by atoms with Gasteiger partial charge >= 0.3 is 0 Å². The van der Waals surface area contributed by atoms with E-state index >= 15 is 0 Å². The summed E-state index contributed by atoms with van der Waals surface area (Å²) in [5, 5.41) is 6.96. The molecule has 26 heavy (non-hydrogen) atoms. The number of rotatable bonds is 2. The molecule has 0 bridgehead atoms. The Morgan fingerprint density at radius 1 is 1.19 bits per heavy atom. The summed E-state index contributed by atoms with van der Waals surface area (Å²) >= 11 is 0. The Balaban J connectivity index is 1.54. The van der Waals surface area contributed by atoms with Gasteiger partial charge in [0.25, 0.3) is 5.91 Å². The quantitative estimate of drug-likeness (QED) is 0.885. The predicted molar refractivity (Wildman–Crippen MR) is 96.9 cm³/mol. The van der Waals surface area contributed by atoms with Crippen molar-refractivity contribution in [3.8, 4) is 11.5 Å². The zero-order chi connectivity index (χ0) is 18.3. The largest absolute Gasteiger partial charge is 0.486 e. The van der Waals surface area contributed by atoms with Crippen molar-refractivity contribution in [1.82, 2.24) is 5.16 Å². The fourth-order valence-corrected chi connectivity index (χ4v) is 3.63. The van der Waals surface area contributed by atoms with Crippen molar-refractivity contribution in [3.05, 3.63) is 35.2 Å². The Kier molecular flexibility index (Phi) is 4.13. The Hall–Kier alpha value is -2.50. The summed E-state index contributed by atoms with van der Waals surface area (Å²) in [6.45, 7) is 7.77. The molecule has 1 aliphatic carbocycles. The summed E-state index contributed by atoms with van der Waals surface area (Å²) in [5.74, 6) is 2.44. The number of aromatic nitrogens is 1. The molecule has 1 aromatic carbocycles. The van der Waals surface area contributed by atoms with Gasteiger partial charge in [0, 0.05) is 23.7 Å². The lowest BCUT2D eigenvalue weighted by Crippen LogP contribution is -2.27. The first-order valence-corrected chi connectivity index (χ1v) is 9.10. The number of nitrogens with zero attached hydrogens (tertiary/aromatic N) is 1. The summed E-state index contributed by atoms with van der Waals surface area (Å²) in [5.41, 5.74) is 2.19. The number of nitrogens with one attached hydrogen (secondary N) is 1. The Morgan fingerprint density at radius 2 is 1.96 bits per heavy atom. The summed E-state index contributed by atoms with van der Waals surface area (Å²) in [4.78, 5) is 12.8. The minimum Gasteiger partial charge on any atom is -0.486 e. The maximum Gasteiger partial charge on any atom is 0.278 e. The number of hydrogen-bond donors (Lipinski definition) is 1. The van der Waals surface area contributed by atoms with E-state index in [9.17, 15) is 4.79 Å². The molecule has 0 spiro atoms. The molecule has 0 fully saturated rings. The van der Waals surface area contributed by atoms with Crippen molar-refractivity contribution >= 4 is 11.6 Å². The van der Waals surface area contributed by atoms with Crippen molar-refractivity contribution in [3.63, 3.8) is 0 Å². The number of ether oxygens (including phenoxy) is 2. The third kappa shape index (κ3) is 3.16. The smallest absolute Gasteiger partial charge is 0.278 e. The van der Waals surface area contributed by atoms with Gasteiger partial charge in [-0.15, -0.1) is 0 Å². The summed E-state index contributed by atoms with van der Waals surface area (Å²) in [7, 11) is 0. The lowest BCUT2D eigenvalue weighted by molar-refractivity contribution is 0.101. The molecule has 1 unspecified atom stereocenters. The maximum absolute atomic E-state index is 12.8. The van der Waals surface area contributed by atoms with Gasteiger partial charge in [0.05, 0.1) is 0 Å². The SMILES string of the molecule is CC(C)(C)C1CCc2onc(C(=O)Nc3ccc4c(c3)OCCO4)c2C1. The molecule has 1 N–H and O–H groups in total. The Morgan fingerprint density at radius 3 is 2.73 bits per heavy atom. The van der Waals surface area contributed by atoms with Crippen molar-refractivity contribution < 1.29 is 18.8 Å². The van der Waals surface area contributed by atoms with E-state index in [4.69, 9.17) is 14.0 Å². The van der Waals surface area contributed by atoms with Crippen LogP contribution in [-0.2, 0) is 12.8 Å². The summed E-state index contributed by atoms with van der Waals surface area (Å²) in [6, 6.07) is 5.38. The third-order valence-electron chi connectivity index (χ3n) is 5.28. The molecule has 1 amide bonds. The van der Waals surface area contributed by atoms with Crippen LogP contribution in [-0.4, -0.2) is 24.3 Å². The maximum atomic E-state index is 12.8. The highest BCUT2D eigenvalue weighted by Crippen LogP contribution is 2.38.